The van der Waals surface area contributed by atoms with Crippen LogP contribution in [-0.2, 0) is 9.59 Å². The standard InChI is InChI=1S/C15H19FN2O3/c16-11-5-7-12(8-6-11)18-15(21)14(20)17-9-10-3-1-2-4-13(10)19/h5-8,10,13,19H,1-4,9H2,(H,17,20)(H,18,21)/t10-,13-/m1/s1. The number of hydrogen-bond acceptors (Lipinski definition) is 3. The van der Waals surface area contributed by atoms with Crippen LogP contribution in [0.1, 0.15) is 25.7 Å². The van der Waals surface area contributed by atoms with Crippen molar-refractivity contribution >= 4 is 17.5 Å². The topological polar surface area (TPSA) is 78.4 Å². The second-order valence-electron chi connectivity index (χ2n) is 5.28. The van der Waals surface area contributed by atoms with E-state index in [9.17, 15) is 19.1 Å². The first-order chi connectivity index (χ1) is 10.1. The van der Waals surface area contributed by atoms with E-state index in [2.05, 4.69) is 10.6 Å². The summed E-state index contributed by atoms with van der Waals surface area (Å²) in [7, 11) is 0. The van der Waals surface area contributed by atoms with Gasteiger partial charge < -0.3 is 15.7 Å². The van der Waals surface area contributed by atoms with Gasteiger partial charge in [-0.1, -0.05) is 12.8 Å². The molecule has 1 aliphatic rings. The molecule has 0 radical (unpaired) electrons. The molecule has 5 nitrogen and oxygen atoms in total. The molecule has 0 heterocycles. The van der Waals surface area contributed by atoms with Gasteiger partial charge in [-0.25, -0.2) is 4.39 Å². The number of rotatable bonds is 3. The highest BCUT2D eigenvalue weighted by Crippen LogP contribution is 2.23. The summed E-state index contributed by atoms with van der Waals surface area (Å²) in [4.78, 5) is 23.4. The molecule has 0 aliphatic heterocycles. The van der Waals surface area contributed by atoms with Gasteiger partial charge in [-0.2, -0.15) is 0 Å². The Morgan fingerprint density at radius 1 is 1.14 bits per heavy atom. The lowest BCUT2D eigenvalue weighted by Gasteiger charge is -2.27. The molecule has 2 amide bonds. The van der Waals surface area contributed by atoms with Crippen LogP contribution < -0.4 is 10.6 Å². The van der Waals surface area contributed by atoms with Crippen LogP contribution in [0.25, 0.3) is 0 Å². The number of benzene rings is 1. The number of aliphatic hydroxyl groups excluding tert-OH is 1. The van der Waals surface area contributed by atoms with Crippen molar-refractivity contribution in [3.05, 3.63) is 30.1 Å². The predicted octanol–water partition coefficient (Wildman–Crippen LogP) is 1.43. The van der Waals surface area contributed by atoms with E-state index in [1.165, 1.54) is 24.3 Å². The Morgan fingerprint density at radius 2 is 1.81 bits per heavy atom. The van der Waals surface area contributed by atoms with Crippen molar-refractivity contribution in [3.63, 3.8) is 0 Å². The number of halogens is 1. The van der Waals surface area contributed by atoms with Gasteiger partial charge in [0.1, 0.15) is 5.82 Å². The predicted molar refractivity (Wildman–Crippen MR) is 76.0 cm³/mol. The van der Waals surface area contributed by atoms with Crippen LogP contribution >= 0.6 is 0 Å². The second kappa shape index (κ2) is 7.17. The van der Waals surface area contributed by atoms with Crippen molar-refractivity contribution in [1.29, 1.82) is 0 Å². The summed E-state index contributed by atoms with van der Waals surface area (Å²) in [5.74, 6) is -1.96. The lowest BCUT2D eigenvalue weighted by Crippen LogP contribution is -2.41. The van der Waals surface area contributed by atoms with E-state index in [-0.39, 0.29) is 12.5 Å². The summed E-state index contributed by atoms with van der Waals surface area (Å²) in [5, 5.41) is 14.7. The van der Waals surface area contributed by atoms with Gasteiger partial charge in [0, 0.05) is 18.2 Å². The lowest BCUT2D eigenvalue weighted by atomic mass is 9.86. The zero-order valence-corrected chi connectivity index (χ0v) is 11.6. The number of aliphatic hydroxyl groups is 1. The molecule has 0 spiro atoms. The van der Waals surface area contributed by atoms with Gasteiger partial charge in [0.15, 0.2) is 0 Å². The van der Waals surface area contributed by atoms with Gasteiger partial charge in [-0.15, -0.1) is 0 Å². The minimum absolute atomic E-state index is 0.00122. The molecule has 3 N–H and O–H groups in total. The summed E-state index contributed by atoms with van der Waals surface area (Å²) in [6.45, 7) is 0.289. The Bertz CT molecular complexity index is 504. The number of carbonyl (C=O) groups is 2. The van der Waals surface area contributed by atoms with E-state index < -0.39 is 23.7 Å². The fraction of sp³-hybridized carbons (Fsp3) is 0.467. The van der Waals surface area contributed by atoms with E-state index in [4.69, 9.17) is 0 Å². The van der Waals surface area contributed by atoms with Gasteiger partial charge >= 0.3 is 11.8 Å². The van der Waals surface area contributed by atoms with Crippen molar-refractivity contribution in [2.75, 3.05) is 11.9 Å². The van der Waals surface area contributed by atoms with Gasteiger partial charge in [-0.05, 0) is 37.1 Å². The highest BCUT2D eigenvalue weighted by atomic mass is 19.1. The van der Waals surface area contributed by atoms with Crippen LogP contribution in [0.4, 0.5) is 10.1 Å². The van der Waals surface area contributed by atoms with Crippen molar-refractivity contribution < 1.29 is 19.1 Å². The molecule has 1 aromatic carbocycles. The van der Waals surface area contributed by atoms with Crippen LogP contribution in [0.3, 0.4) is 0 Å². The summed E-state index contributed by atoms with van der Waals surface area (Å²) in [5.41, 5.74) is 0.356. The van der Waals surface area contributed by atoms with Crippen molar-refractivity contribution in [2.24, 2.45) is 5.92 Å². The molecular formula is C15H19FN2O3. The summed E-state index contributed by atoms with van der Waals surface area (Å²) < 4.78 is 12.7. The molecular weight excluding hydrogens is 275 g/mol. The fourth-order valence-corrected chi connectivity index (χ4v) is 2.45. The largest absolute Gasteiger partial charge is 0.393 e. The second-order valence-corrected chi connectivity index (χ2v) is 5.28. The first kappa shape index (κ1) is 15.4. The van der Waals surface area contributed by atoms with Crippen molar-refractivity contribution in [1.82, 2.24) is 5.32 Å². The molecule has 2 rings (SSSR count). The molecule has 0 aromatic heterocycles. The van der Waals surface area contributed by atoms with Crippen LogP contribution in [0.2, 0.25) is 0 Å². The third-order valence-corrected chi connectivity index (χ3v) is 3.70. The Balaban J connectivity index is 1.79. The maximum absolute atomic E-state index is 12.7. The monoisotopic (exact) mass is 294 g/mol. The first-order valence-electron chi connectivity index (χ1n) is 7.09. The van der Waals surface area contributed by atoms with E-state index in [1.807, 2.05) is 0 Å². The average Bonchev–Trinajstić information content (AvgIpc) is 2.48. The molecule has 1 aliphatic carbocycles. The minimum atomic E-state index is -0.799. The SMILES string of the molecule is O=C(NC[C@H]1CCCC[C@H]1O)C(=O)Nc1ccc(F)cc1. The van der Waals surface area contributed by atoms with Crippen molar-refractivity contribution in [2.45, 2.75) is 31.8 Å². The van der Waals surface area contributed by atoms with Crippen LogP contribution in [0.5, 0.6) is 0 Å². The minimum Gasteiger partial charge on any atom is -0.393 e. The maximum atomic E-state index is 12.7. The van der Waals surface area contributed by atoms with Gasteiger partial charge in [0.05, 0.1) is 6.10 Å². The quantitative estimate of drug-likeness (QED) is 0.738. The van der Waals surface area contributed by atoms with E-state index in [0.717, 1.165) is 25.7 Å². The highest BCUT2D eigenvalue weighted by Gasteiger charge is 2.24. The van der Waals surface area contributed by atoms with E-state index in [1.54, 1.807) is 0 Å². The first-order valence-corrected chi connectivity index (χ1v) is 7.09. The Morgan fingerprint density at radius 3 is 2.48 bits per heavy atom. The number of carbonyl (C=O) groups excluding carboxylic acids is 2. The fourth-order valence-electron chi connectivity index (χ4n) is 2.45. The van der Waals surface area contributed by atoms with Gasteiger partial charge in [0.25, 0.3) is 0 Å². The molecule has 0 unspecified atom stereocenters. The third kappa shape index (κ3) is 4.53. The lowest BCUT2D eigenvalue weighted by molar-refractivity contribution is -0.136. The molecule has 6 heteroatoms. The number of amides is 2. The smallest absolute Gasteiger partial charge is 0.313 e. The van der Waals surface area contributed by atoms with Crippen LogP contribution in [-0.4, -0.2) is 29.6 Å². The third-order valence-electron chi connectivity index (χ3n) is 3.70. The normalized spacial score (nSPS) is 21.6. The van der Waals surface area contributed by atoms with E-state index in [0.29, 0.717) is 5.69 Å². The summed E-state index contributed by atoms with van der Waals surface area (Å²) in [6, 6.07) is 5.16. The molecule has 2 atom stereocenters. The Labute approximate surface area is 122 Å². The number of hydrogen-bond donors (Lipinski definition) is 3. The molecule has 1 saturated carbocycles. The van der Waals surface area contributed by atoms with Crippen LogP contribution in [0, 0.1) is 11.7 Å². The zero-order chi connectivity index (χ0) is 15.2. The van der Waals surface area contributed by atoms with Gasteiger partial charge in [0.2, 0.25) is 0 Å². The molecule has 114 valence electrons. The number of nitrogens with one attached hydrogen (secondary N) is 2. The Hall–Kier alpha value is -1.95. The van der Waals surface area contributed by atoms with E-state index >= 15 is 0 Å². The molecule has 0 bridgehead atoms. The number of anilines is 1. The molecule has 1 aromatic rings. The maximum Gasteiger partial charge on any atom is 0.313 e. The summed E-state index contributed by atoms with van der Waals surface area (Å²) in [6.07, 6.45) is 3.19. The van der Waals surface area contributed by atoms with Crippen molar-refractivity contribution in [3.8, 4) is 0 Å². The molecule has 21 heavy (non-hydrogen) atoms. The molecule has 0 saturated heterocycles. The summed E-state index contributed by atoms with van der Waals surface area (Å²) >= 11 is 0. The Kier molecular flexibility index (Phi) is 5.27. The average molecular weight is 294 g/mol. The highest BCUT2D eigenvalue weighted by molar-refractivity contribution is 6.39. The zero-order valence-electron chi connectivity index (χ0n) is 11.6. The van der Waals surface area contributed by atoms with Gasteiger partial charge in [-0.3, -0.25) is 9.59 Å². The molecule has 1 fully saturated rings. The van der Waals surface area contributed by atoms with Crippen LogP contribution in [0.15, 0.2) is 24.3 Å².